The van der Waals surface area contributed by atoms with Gasteiger partial charge in [-0.3, -0.25) is 9.36 Å². The molecule has 1 saturated heterocycles. The lowest BCUT2D eigenvalue weighted by Crippen LogP contribution is -2.22. The number of aromatic nitrogens is 2. The maximum absolute atomic E-state index is 14.4. The van der Waals surface area contributed by atoms with Crippen LogP contribution in [0.3, 0.4) is 0 Å². The van der Waals surface area contributed by atoms with E-state index in [1.165, 1.54) is 13.2 Å². The summed E-state index contributed by atoms with van der Waals surface area (Å²) >= 11 is 0. The number of Topliss-reactive ketones (excluding diaryl/α,β-unsaturated/α-hetero) is 1. The third-order valence-electron chi connectivity index (χ3n) is 7.17. The Labute approximate surface area is 227 Å². The van der Waals surface area contributed by atoms with Crippen LogP contribution in [0.2, 0.25) is 0 Å². The van der Waals surface area contributed by atoms with Gasteiger partial charge in [0.05, 0.1) is 18.3 Å². The van der Waals surface area contributed by atoms with Crippen LogP contribution in [-0.2, 0) is 4.74 Å². The topological polar surface area (TPSA) is 74.6 Å². The molecule has 0 aliphatic carbocycles. The molecule has 0 unspecified atom stereocenters. The first-order chi connectivity index (χ1) is 19.0. The molecule has 3 aromatic carbocycles. The van der Waals surface area contributed by atoms with E-state index < -0.39 is 5.82 Å². The number of rotatable bonds is 10. The van der Waals surface area contributed by atoms with E-state index in [-0.39, 0.29) is 11.5 Å². The zero-order valence-corrected chi connectivity index (χ0v) is 22.6. The van der Waals surface area contributed by atoms with E-state index in [0.717, 1.165) is 72.6 Å². The summed E-state index contributed by atoms with van der Waals surface area (Å²) in [5.74, 6) is 1.24. The van der Waals surface area contributed by atoms with Gasteiger partial charge in [-0.05, 0) is 68.0 Å². The summed E-state index contributed by atoms with van der Waals surface area (Å²) in [5.41, 5.74) is 5.04. The highest BCUT2D eigenvalue weighted by atomic mass is 19.1. The number of ketones is 1. The number of aryl methyl sites for hydroxylation is 1. The molecule has 39 heavy (non-hydrogen) atoms. The molecule has 0 bridgehead atoms. The molecule has 1 aliphatic heterocycles. The molecule has 8 heteroatoms. The average Bonchev–Trinajstić information content (AvgIpc) is 3.36. The van der Waals surface area contributed by atoms with E-state index >= 15 is 0 Å². The molecule has 1 fully saturated rings. The van der Waals surface area contributed by atoms with Gasteiger partial charge in [0, 0.05) is 55.6 Å². The third-order valence-corrected chi connectivity index (χ3v) is 7.17. The highest BCUT2D eigenvalue weighted by Crippen LogP contribution is 2.34. The summed E-state index contributed by atoms with van der Waals surface area (Å²) in [6.45, 7) is 6.31. The molecule has 1 aliphatic rings. The molecule has 2 heterocycles. The summed E-state index contributed by atoms with van der Waals surface area (Å²) in [4.78, 5) is 17.3. The molecular weight excluding hydrogens is 497 g/mol. The fraction of sp³-hybridized carbons (Fsp3) is 0.355. The summed E-state index contributed by atoms with van der Waals surface area (Å²) in [6.07, 6.45) is 5.14. The third kappa shape index (κ3) is 5.91. The van der Waals surface area contributed by atoms with Crippen LogP contribution >= 0.6 is 0 Å². The second-order valence-corrected chi connectivity index (χ2v) is 9.96. The van der Waals surface area contributed by atoms with Crippen molar-refractivity contribution in [2.75, 3.05) is 32.2 Å². The van der Waals surface area contributed by atoms with Gasteiger partial charge in [0.2, 0.25) is 0 Å². The van der Waals surface area contributed by atoms with E-state index in [9.17, 15) is 9.18 Å². The monoisotopic (exact) mass is 531 g/mol. The average molecular weight is 532 g/mol. The summed E-state index contributed by atoms with van der Waals surface area (Å²) in [6, 6.07) is 14.2. The Morgan fingerprint density at radius 3 is 2.67 bits per heavy atom. The van der Waals surface area contributed by atoms with Gasteiger partial charge in [-0.15, -0.1) is 0 Å². The van der Waals surface area contributed by atoms with Gasteiger partial charge in [-0.1, -0.05) is 6.92 Å². The number of ether oxygens (including phenoxy) is 3. The maximum atomic E-state index is 14.4. The maximum Gasteiger partial charge on any atom is 0.168 e. The number of benzene rings is 3. The normalized spacial score (nSPS) is 13.9. The van der Waals surface area contributed by atoms with E-state index in [0.29, 0.717) is 23.8 Å². The number of halogens is 1. The number of methoxy groups -OCH3 is 1. The zero-order valence-electron chi connectivity index (χ0n) is 22.6. The molecule has 0 atom stereocenters. The molecule has 0 radical (unpaired) electrons. The van der Waals surface area contributed by atoms with Crippen LogP contribution in [0.15, 0.2) is 54.9 Å². The van der Waals surface area contributed by atoms with Crippen molar-refractivity contribution in [3.8, 4) is 22.9 Å². The van der Waals surface area contributed by atoms with Crippen LogP contribution in [0.4, 0.5) is 10.1 Å². The van der Waals surface area contributed by atoms with Gasteiger partial charge in [-0.25, -0.2) is 9.37 Å². The van der Waals surface area contributed by atoms with Gasteiger partial charge in [-0.2, -0.15) is 0 Å². The Morgan fingerprint density at radius 1 is 1.13 bits per heavy atom. The van der Waals surface area contributed by atoms with Crippen LogP contribution in [0, 0.1) is 18.7 Å². The van der Waals surface area contributed by atoms with Gasteiger partial charge in [0.1, 0.15) is 23.3 Å². The lowest BCUT2D eigenvalue weighted by Gasteiger charge is -2.23. The zero-order chi connectivity index (χ0) is 27.4. The number of imidazole rings is 1. The Kier molecular flexibility index (Phi) is 8.12. The van der Waals surface area contributed by atoms with Gasteiger partial charge in [0.15, 0.2) is 17.3 Å². The summed E-state index contributed by atoms with van der Waals surface area (Å²) in [5, 5.41) is 3.58. The minimum absolute atomic E-state index is 0.152. The number of fused-ring (bicyclic) bond motifs is 1. The fourth-order valence-electron chi connectivity index (χ4n) is 5.01. The number of anilines is 1. The molecular formula is C31H34FN3O4. The number of hydrogen-bond donors (Lipinski definition) is 1. The van der Waals surface area contributed by atoms with Gasteiger partial charge in [0.25, 0.3) is 0 Å². The highest BCUT2D eigenvalue weighted by molar-refractivity contribution is 5.98. The molecule has 4 aromatic rings. The predicted molar refractivity (Wildman–Crippen MR) is 150 cm³/mol. The van der Waals surface area contributed by atoms with Crippen LogP contribution in [-0.4, -0.2) is 42.2 Å². The Hall–Kier alpha value is -3.91. The van der Waals surface area contributed by atoms with Crippen molar-refractivity contribution in [3.63, 3.8) is 0 Å². The minimum atomic E-state index is -0.493. The number of hydrogen-bond acceptors (Lipinski definition) is 6. The Balaban J connectivity index is 1.52. The number of carbonyl (C=O) groups is 1. The molecule has 5 rings (SSSR count). The quantitative estimate of drug-likeness (QED) is 0.220. The van der Waals surface area contributed by atoms with Crippen molar-refractivity contribution in [3.05, 3.63) is 71.8 Å². The van der Waals surface area contributed by atoms with Crippen LogP contribution < -0.4 is 14.8 Å². The van der Waals surface area contributed by atoms with Crippen molar-refractivity contribution in [2.24, 2.45) is 5.92 Å². The number of nitrogens with zero attached hydrogens (tertiary/aromatic N) is 2. The van der Waals surface area contributed by atoms with E-state index in [2.05, 4.69) is 5.32 Å². The summed E-state index contributed by atoms with van der Waals surface area (Å²) < 4.78 is 33.0. The minimum Gasteiger partial charge on any atom is -0.494 e. The van der Waals surface area contributed by atoms with Gasteiger partial charge >= 0.3 is 0 Å². The van der Waals surface area contributed by atoms with Crippen molar-refractivity contribution < 1.29 is 23.4 Å². The molecule has 1 aromatic heterocycles. The molecule has 1 N–H and O–H groups in total. The largest absolute Gasteiger partial charge is 0.494 e. The van der Waals surface area contributed by atoms with Crippen molar-refractivity contribution >= 4 is 22.5 Å². The van der Waals surface area contributed by atoms with Crippen LogP contribution in [0.1, 0.15) is 48.5 Å². The lowest BCUT2D eigenvalue weighted by molar-refractivity contribution is 0.0699. The van der Waals surface area contributed by atoms with Crippen molar-refractivity contribution in [1.82, 2.24) is 9.55 Å². The fourth-order valence-corrected chi connectivity index (χ4v) is 5.01. The van der Waals surface area contributed by atoms with Crippen LogP contribution in [0.25, 0.3) is 16.7 Å². The molecule has 0 spiro atoms. The highest BCUT2D eigenvalue weighted by Gasteiger charge is 2.18. The second kappa shape index (κ2) is 11.9. The first kappa shape index (κ1) is 26.7. The van der Waals surface area contributed by atoms with Gasteiger partial charge < -0.3 is 19.5 Å². The predicted octanol–water partition coefficient (Wildman–Crippen LogP) is 7.10. The number of carbonyl (C=O) groups excluding carboxylic acids is 1. The Morgan fingerprint density at radius 2 is 1.95 bits per heavy atom. The van der Waals surface area contributed by atoms with E-state index in [4.69, 9.17) is 19.2 Å². The first-order valence-corrected chi connectivity index (χ1v) is 13.4. The van der Waals surface area contributed by atoms with Crippen molar-refractivity contribution in [2.45, 2.75) is 39.5 Å². The lowest BCUT2D eigenvalue weighted by atomic mass is 10.0. The Bertz CT molecular complexity index is 1480. The van der Waals surface area contributed by atoms with E-state index in [1.54, 1.807) is 18.5 Å². The van der Waals surface area contributed by atoms with Crippen LogP contribution in [0.5, 0.6) is 17.2 Å². The second-order valence-electron chi connectivity index (χ2n) is 9.96. The summed E-state index contributed by atoms with van der Waals surface area (Å²) in [7, 11) is 1.43. The smallest absolute Gasteiger partial charge is 0.168 e. The molecule has 0 amide bonds. The molecule has 7 nitrogen and oxygen atoms in total. The van der Waals surface area contributed by atoms with Crippen molar-refractivity contribution in [1.29, 1.82) is 0 Å². The molecule has 0 saturated carbocycles. The number of nitrogens with one attached hydrogen (secondary N) is 1. The SMILES string of the molecule is CCCC(=O)c1ccc(-n2cnc3c(NCC4CCOCC4)cc(Oc4ccc(OC)c(F)c4)cc32)cc1C. The first-order valence-electron chi connectivity index (χ1n) is 13.4. The van der Waals surface area contributed by atoms with E-state index in [1.807, 2.05) is 48.7 Å². The molecule has 204 valence electrons. The standard InChI is InChI=1S/C31H34FN3O4/c1-4-5-29(36)25-8-6-22(14-20(25)2)35-19-34-31-27(33-18-21-10-12-38-13-11-21)16-24(17-28(31)35)39-23-7-9-30(37-3)26(32)15-23/h6-9,14-17,19,21,33H,4-5,10-13,18H2,1-3H3.